The predicted molar refractivity (Wildman–Crippen MR) is 248 cm³/mol. The summed E-state index contributed by atoms with van der Waals surface area (Å²) in [6, 6.07) is 7.16. The van der Waals surface area contributed by atoms with E-state index in [2.05, 4.69) is 20.6 Å². The van der Waals surface area contributed by atoms with E-state index in [0.717, 1.165) is 59.0 Å². The van der Waals surface area contributed by atoms with E-state index in [9.17, 15) is 82.5 Å². The van der Waals surface area contributed by atoms with Crippen LogP contribution in [-0.4, -0.2) is 98.4 Å². The number of halogens is 6. The summed E-state index contributed by atoms with van der Waals surface area (Å²) in [4.78, 5) is 88.8. The van der Waals surface area contributed by atoms with E-state index in [1.54, 1.807) is 6.92 Å². The number of pyridine rings is 2. The Morgan fingerprint density at radius 3 is 1.36 bits per heavy atom. The number of anilines is 2. The minimum atomic E-state index is -4.83. The van der Waals surface area contributed by atoms with Gasteiger partial charge in [-0.25, -0.2) is 45.8 Å². The predicted octanol–water partition coefficient (Wildman–Crippen LogP) is 7.02. The van der Waals surface area contributed by atoms with Gasteiger partial charge in [0.15, 0.2) is 31.2 Å². The average molecular weight is 1080 g/mol. The topological polar surface area (TPSA) is 281 Å². The fourth-order valence-electron chi connectivity index (χ4n) is 8.95. The molecular weight excluding hydrogens is 1040 g/mol. The van der Waals surface area contributed by atoms with Crippen LogP contribution < -0.4 is 20.4 Å². The van der Waals surface area contributed by atoms with Crippen LogP contribution in [-0.2, 0) is 41.6 Å². The molecule has 2 aliphatic heterocycles. The van der Waals surface area contributed by atoms with Gasteiger partial charge < -0.3 is 10.6 Å². The monoisotopic (exact) mass is 1080 g/mol. The Kier molecular flexibility index (Phi) is 14.5. The van der Waals surface area contributed by atoms with Crippen LogP contribution in [0, 0.1) is 22.7 Å². The summed E-state index contributed by atoms with van der Waals surface area (Å²) in [5, 5.41) is 23.2. The number of hydrogen-bond donors (Lipinski definition) is 2. The number of nitrogens with zero attached hydrogens (tertiary/aromatic N) is 8. The van der Waals surface area contributed by atoms with Gasteiger partial charge in [0.25, 0.3) is 0 Å². The van der Waals surface area contributed by atoms with Crippen LogP contribution >= 0.6 is 0 Å². The molecule has 8 amide bonds. The second-order valence-electron chi connectivity index (χ2n) is 16.8. The zero-order valence-electron chi connectivity index (χ0n) is 39.4. The van der Waals surface area contributed by atoms with E-state index >= 15 is 0 Å². The molecule has 2 aromatic carbocycles. The van der Waals surface area contributed by atoms with Crippen LogP contribution in [0.3, 0.4) is 0 Å². The zero-order chi connectivity index (χ0) is 55.3. The number of ketones is 2. The molecule has 0 spiro atoms. The summed E-state index contributed by atoms with van der Waals surface area (Å²) in [7, 11) is -6.86. The molecule has 4 aliphatic rings. The smallest absolute Gasteiger partial charge is 0.341 e. The van der Waals surface area contributed by atoms with Gasteiger partial charge in [-0.2, -0.15) is 36.9 Å². The van der Waals surface area contributed by atoms with E-state index in [1.165, 1.54) is 31.3 Å². The SMILES string of the molecule is CCNC(=O)N1C(=O)N(c2ccnc(C(F)(F)F)c2)C2=C(C(=O)CC2)C1c1ccc(C#N)cc1S(C)(=O)=O.CNC(=O)N1C(=O)N(c2ccnc(C(F)(F)F)c2)C2=C(C(=O)CC2)C1c1ccc(C#N)cc1S(C)(=O)=O. The van der Waals surface area contributed by atoms with Crippen LogP contribution in [0.4, 0.5) is 56.9 Å². The molecule has 28 heteroatoms. The quantitative estimate of drug-likeness (QED) is 0.176. The summed E-state index contributed by atoms with van der Waals surface area (Å²) < 4.78 is 131. The lowest BCUT2D eigenvalue weighted by molar-refractivity contribution is -0.141. The number of alkyl halides is 6. The third-order valence-electron chi connectivity index (χ3n) is 12.0. The lowest BCUT2D eigenvalue weighted by Crippen LogP contribution is -2.55. The second-order valence-corrected chi connectivity index (χ2v) is 20.8. The van der Waals surface area contributed by atoms with Gasteiger partial charge >= 0.3 is 36.5 Å². The normalized spacial score (nSPS) is 18.0. The molecule has 2 aromatic heterocycles. The Hall–Kier alpha value is -8.50. The lowest BCUT2D eigenvalue weighted by Gasteiger charge is -2.41. The first kappa shape index (κ1) is 54.3. The first-order chi connectivity index (χ1) is 35.1. The van der Waals surface area contributed by atoms with Crippen LogP contribution in [0.25, 0.3) is 0 Å². The molecule has 0 saturated heterocycles. The molecule has 2 unspecified atom stereocenters. The van der Waals surface area contributed by atoms with Crippen LogP contribution in [0.1, 0.15) is 78.3 Å². The third-order valence-corrected chi connectivity index (χ3v) is 14.3. The van der Waals surface area contributed by atoms with E-state index in [4.69, 9.17) is 0 Å². The summed E-state index contributed by atoms with van der Waals surface area (Å²) in [5.74, 6) is -1.02. The van der Waals surface area contributed by atoms with Crippen molar-refractivity contribution >= 4 is 66.7 Å². The molecule has 8 rings (SSSR count). The van der Waals surface area contributed by atoms with E-state index in [1.807, 2.05) is 12.1 Å². The Labute approximate surface area is 422 Å². The maximum atomic E-state index is 13.9. The van der Waals surface area contributed by atoms with Crippen molar-refractivity contribution in [1.29, 1.82) is 10.5 Å². The summed E-state index contributed by atoms with van der Waals surface area (Å²) in [6.45, 7) is 1.61. The fraction of sp³-hybridized carbons (Fsp3) is 0.277. The van der Waals surface area contributed by atoms with Crippen LogP contribution in [0.5, 0.6) is 0 Å². The Balaban J connectivity index is 0.000000219. The number of nitrogens with one attached hydrogen (secondary N) is 2. The van der Waals surface area contributed by atoms with Gasteiger partial charge in [-0.15, -0.1) is 0 Å². The summed E-state index contributed by atoms with van der Waals surface area (Å²) >= 11 is 0. The van der Waals surface area contributed by atoms with Gasteiger partial charge in [-0.05, 0) is 79.4 Å². The number of carbonyl (C=O) groups excluding carboxylic acids is 6. The van der Waals surface area contributed by atoms with Crippen molar-refractivity contribution < 1.29 is 71.9 Å². The van der Waals surface area contributed by atoms with Crippen molar-refractivity contribution in [3.63, 3.8) is 0 Å². The highest BCUT2D eigenvalue weighted by Gasteiger charge is 2.52. The number of hydrogen-bond acceptors (Lipinski definition) is 14. The number of nitriles is 2. The van der Waals surface area contributed by atoms with E-state index in [-0.39, 0.29) is 98.2 Å². The molecule has 75 heavy (non-hydrogen) atoms. The van der Waals surface area contributed by atoms with Crippen molar-refractivity contribution in [2.45, 2.75) is 66.8 Å². The molecular formula is C47H38F6N10O10S2. The number of aromatic nitrogens is 2. The molecule has 4 heterocycles. The van der Waals surface area contributed by atoms with Gasteiger partial charge in [0.05, 0.1) is 44.4 Å². The number of sulfone groups is 2. The zero-order valence-corrected chi connectivity index (χ0v) is 41.0. The molecule has 0 bridgehead atoms. The number of Topliss-reactive ketones (excluding diaryl/α,β-unsaturated/α-hetero) is 2. The van der Waals surface area contributed by atoms with Gasteiger partial charge in [-0.1, -0.05) is 12.1 Å². The molecule has 0 saturated carbocycles. The van der Waals surface area contributed by atoms with Gasteiger partial charge in [0.2, 0.25) is 0 Å². The van der Waals surface area contributed by atoms with E-state index in [0.29, 0.717) is 21.9 Å². The van der Waals surface area contributed by atoms with Gasteiger partial charge in [0, 0.05) is 73.9 Å². The number of rotatable bonds is 7. The maximum absolute atomic E-state index is 13.9. The highest BCUT2D eigenvalue weighted by atomic mass is 32.2. The summed E-state index contributed by atoms with van der Waals surface area (Å²) in [6.07, 6.45) is -6.50. The van der Waals surface area contributed by atoms with Crippen LogP contribution in [0.15, 0.2) is 105 Å². The van der Waals surface area contributed by atoms with Crippen molar-refractivity contribution in [1.82, 2.24) is 30.4 Å². The molecule has 0 fully saturated rings. The number of benzene rings is 2. The number of amides is 8. The van der Waals surface area contributed by atoms with Crippen molar-refractivity contribution in [3.05, 3.63) is 129 Å². The van der Waals surface area contributed by atoms with Crippen molar-refractivity contribution in [3.8, 4) is 12.1 Å². The first-order valence-corrected chi connectivity index (χ1v) is 25.7. The average Bonchev–Trinajstić information content (AvgIpc) is 3.93. The largest absolute Gasteiger partial charge is 0.433 e. The third kappa shape index (κ3) is 10.3. The summed E-state index contributed by atoms with van der Waals surface area (Å²) in [5.41, 5.74) is -3.45. The first-order valence-electron chi connectivity index (χ1n) is 21.9. The molecule has 4 aromatic rings. The minimum absolute atomic E-state index is 0.00841. The fourth-order valence-corrected chi connectivity index (χ4v) is 10.8. The van der Waals surface area contributed by atoms with Crippen LogP contribution in [0.2, 0.25) is 0 Å². The van der Waals surface area contributed by atoms with Gasteiger partial charge in [0.1, 0.15) is 23.5 Å². The standard InChI is InChI=1S/C24H20F3N5O5S.C23H18F3N5O5S/c1-3-29-22(34)32-21(15-5-4-13(12-28)10-18(15)38(2,36)37)20-16(6-7-17(20)33)31(23(32)35)14-8-9-30-19(11-14)24(25,26)27;1-28-21(33)31-20(14-4-3-12(11-27)9-17(14)37(2,35)36)19-15(5-6-16(19)32)30(22(31)34)13-7-8-29-18(10-13)23(24,25)26/h4-5,8-11,21H,3,6-7H2,1-2H3,(H,29,34);3-4,7-10,20H,5-6H2,1-2H3,(H,28,33). The molecule has 20 nitrogen and oxygen atoms in total. The van der Waals surface area contributed by atoms with E-state index < -0.39 is 91.2 Å². The molecule has 390 valence electrons. The van der Waals surface area contributed by atoms with Crippen molar-refractivity contribution in [2.75, 3.05) is 35.9 Å². The Morgan fingerprint density at radius 1 is 0.640 bits per heavy atom. The van der Waals surface area contributed by atoms with Gasteiger partial charge in [-0.3, -0.25) is 29.4 Å². The maximum Gasteiger partial charge on any atom is 0.433 e. The Bertz CT molecular complexity index is 3530. The highest BCUT2D eigenvalue weighted by molar-refractivity contribution is 7.91. The number of imide groups is 2. The Morgan fingerprint density at radius 2 is 1.03 bits per heavy atom. The number of allylic oxidation sites excluding steroid dienone is 2. The number of urea groups is 4. The molecule has 2 atom stereocenters. The number of carbonyl (C=O) groups is 6. The van der Waals surface area contributed by atoms with Crippen molar-refractivity contribution in [2.24, 2.45) is 0 Å². The lowest BCUT2D eigenvalue weighted by atomic mass is 9.92. The minimum Gasteiger partial charge on any atom is -0.341 e. The molecule has 2 aliphatic carbocycles. The second kappa shape index (κ2) is 20.1. The highest BCUT2D eigenvalue weighted by Crippen LogP contribution is 2.49. The molecule has 2 N–H and O–H groups in total. The molecule has 0 radical (unpaired) electrons.